The van der Waals surface area contributed by atoms with Crippen LogP contribution in [-0.2, 0) is 4.79 Å². The lowest BCUT2D eigenvalue weighted by Gasteiger charge is -2.07. The molecule has 0 amide bonds. The molecule has 3 nitrogen and oxygen atoms in total. The molecular formula is C14H17NO2. The number of rotatable bonds is 3. The number of hydrogen-bond donors (Lipinski definition) is 2. The predicted molar refractivity (Wildman–Crippen MR) is 67.6 cm³/mol. The molecule has 1 aromatic carbocycles. The fraction of sp³-hybridized carbons (Fsp3) is 0.357. The van der Waals surface area contributed by atoms with Gasteiger partial charge in [-0.15, -0.1) is 0 Å². The van der Waals surface area contributed by atoms with Gasteiger partial charge < -0.3 is 10.4 Å². The molecule has 2 N–H and O–H groups in total. The number of Topliss-reactive ketones (excluding diaryl/α,β-unsaturated/α-hetero) is 1. The molecule has 1 aliphatic rings. The van der Waals surface area contributed by atoms with E-state index in [0.29, 0.717) is 6.42 Å². The van der Waals surface area contributed by atoms with Crippen LogP contribution < -0.4 is 5.32 Å². The number of ketones is 1. The fourth-order valence-electron chi connectivity index (χ4n) is 1.95. The zero-order valence-electron chi connectivity index (χ0n) is 9.94. The topological polar surface area (TPSA) is 49.3 Å². The standard InChI is InChI=1S/C14H17NO2/c1-10(16)11-4-2-6-13(8-11)15-9-12-5-3-7-14(12)17/h2,4,6,8-10,15-16H,3,5,7H2,1H3/b12-9-/t10-/m1/s1. The second-order valence-corrected chi connectivity index (χ2v) is 4.39. The summed E-state index contributed by atoms with van der Waals surface area (Å²) in [6.07, 6.45) is 3.80. The number of aliphatic hydroxyl groups is 1. The SMILES string of the molecule is C[C@@H](O)c1cccc(N/C=C2/CCCC2=O)c1. The Kier molecular flexibility index (Phi) is 3.59. The fourth-order valence-corrected chi connectivity index (χ4v) is 1.95. The van der Waals surface area contributed by atoms with Crippen molar-refractivity contribution in [3.05, 3.63) is 41.6 Å². The van der Waals surface area contributed by atoms with E-state index in [2.05, 4.69) is 5.32 Å². The summed E-state index contributed by atoms with van der Waals surface area (Å²) in [6, 6.07) is 7.58. The molecule has 3 heteroatoms. The Bertz CT molecular complexity index is 449. The molecule has 17 heavy (non-hydrogen) atoms. The quantitative estimate of drug-likeness (QED) is 0.786. The zero-order valence-corrected chi connectivity index (χ0v) is 9.94. The van der Waals surface area contributed by atoms with Gasteiger partial charge >= 0.3 is 0 Å². The Balaban J connectivity index is 2.08. The lowest BCUT2D eigenvalue weighted by molar-refractivity contribution is -0.114. The Hall–Kier alpha value is -1.61. The van der Waals surface area contributed by atoms with E-state index < -0.39 is 6.10 Å². The molecule has 0 spiro atoms. The van der Waals surface area contributed by atoms with Gasteiger partial charge in [0.1, 0.15) is 0 Å². The number of carbonyl (C=O) groups excluding carboxylic acids is 1. The van der Waals surface area contributed by atoms with E-state index in [1.54, 1.807) is 13.1 Å². The van der Waals surface area contributed by atoms with Crippen LogP contribution >= 0.6 is 0 Å². The largest absolute Gasteiger partial charge is 0.389 e. The number of anilines is 1. The molecule has 0 aliphatic heterocycles. The summed E-state index contributed by atoms with van der Waals surface area (Å²) in [7, 11) is 0. The van der Waals surface area contributed by atoms with E-state index in [-0.39, 0.29) is 5.78 Å². The third kappa shape index (κ3) is 2.94. The molecule has 1 aromatic rings. The molecule has 2 rings (SSSR count). The zero-order chi connectivity index (χ0) is 12.3. The number of aliphatic hydroxyl groups excluding tert-OH is 1. The van der Waals surface area contributed by atoms with E-state index in [9.17, 15) is 9.90 Å². The lowest BCUT2D eigenvalue weighted by atomic mass is 10.1. The van der Waals surface area contributed by atoms with Crippen LogP contribution in [-0.4, -0.2) is 10.9 Å². The molecule has 0 radical (unpaired) electrons. The Morgan fingerprint density at radius 2 is 2.24 bits per heavy atom. The maximum atomic E-state index is 11.4. The van der Waals surface area contributed by atoms with Crippen LogP contribution in [0.1, 0.15) is 37.9 Å². The van der Waals surface area contributed by atoms with E-state index in [1.165, 1.54) is 0 Å². The van der Waals surface area contributed by atoms with Crippen LogP contribution in [0.3, 0.4) is 0 Å². The first-order valence-corrected chi connectivity index (χ1v) is 5.93. The summed E-state index contributed by atoms with van der Waals surface area (Å²) >= 11 is 0. The summed E-state index contributed by atoms with van der Waals surface area (Å²) in [6.45, 7) is 1.73. The normalized spacial score (nSPS) is 19.6. The first kappa shape index (κ1) is 11.9. The third-order valence-electron chi connectivity index (χ3n) is 2.99. The highest BCUT2D eigenvalue weighted by Crippen LogP contribution is 2.21. The second kappa shape index (κ2) is 5.15. The molecule has 0 bridgehead atoms. The molecule has 90 valence electrons. The summed E-state index contributed by atoms with van der Waals surface area (Å²) < 4.78 is 0. The van der Waals surface area contributed by atoms with Crippen molar-refractivity contribution < 1.29 is 9.90 Å². The van der Waals surface area contributed by atoms with Crippen molar-refractivity contribution in [3.63, 3.8) is 0 Å². The number of nitrogens with one attached hydrogen (secondary N) is 1. The first-order valence-electron chi connectivity index (χ1n) is 5.93. The molecule has 0 heterocycles. The predicted octanol–water partition coefficient (Wildman–Crippen LogP) is 2.79. The van der Waals surface area contributed by atoms with E-state index in [0.717, 1.165) is 29.7 Å². The number of carbonyl (C=O) groups is 1. The van der Waals surface area contributed by atoms with Crippen molar-refractivity contribution in [3.8, 4) is 0 Å². The number of hydrogen-bond acceptors (Lipinski definition) is 3. The Labute approximate surface area is 101 Å². The van der Waals surface area contributed by atoms with Gasteiger partial charge in [0, 0.05) is 23.9 Å². The molecule has 0 unspecified atom stereocenters. The van der Waals surface area contributed by atoms with Crippen molar-refractivity contribution in [1.29, 1.82) is 0 Å². The molecule has 1 saturated carbocycles. The molecule has 1 fully saturated rings. The average Bonchev–Trinajstić information content (AvgIpc) is 2.72. The van der Waals surface area contributed by atoms with Crippen LogP contribution in [0.25, 0.3) is 0 Å². The number of benzene rings is 1. The van der Waals surface area contributed by atoms with Gasteiger partial charge in [-0.2, -0.15) is 0 Å². The summed E-state index contributed by atoms with van der Waals surface area (Å²) in [5, 5.41) is 12.6. The van der Waals surface area contributed by atoms with Crippen LogP contribution in [0.2, 0.25) is 0 Å². The Morgan fingerprint density at radius 3 is 2.88 bits per heavy atom. The van der Waals surface area contributed by atoms with Crippen molar-refractivity contribution in [2.75, 3.05) is 5.32 Å². The van der Waals surface area contributed by atoms with Gasteiger partial charge in [-0.1, -0.05) is 12.1 Å². The first-order chi connectivity index (χ1) is 8.16. The van der Waals surface area contributed by atoms with Gasteiger partial charge in [0.2, 0.25) is 0 Å². The maximum absolute atomic E-state index is 11.4. The van der Waals surface area contributed by atoms with E-state index >= 15 is 0 Å². The van der Waals surface area contributed by atoms with Gasteiger partial charge in [0.05, 0.1) is 6.10 Å². The molecule has 1 atom stereocenters. The highest BCUT2D eigenvalue weighted by Gasteiger charge is 2.16. The van der Waals surface area contributed by atoms with Crippen molar-refractivity contribution >= 4 is 11.5 Å². The van der Waals surface area contributed by atoms with Crippen LogP contribution in [0, 0.1) is 0 Å². The highest BCUT2D eigenvalue weighted by molar-refractivity contribution is 5.97. The highest BCUT2D eigenvalue weighted by atomic mass is 16.3. The van der Waals surface area contributed by atoms with Crippen LogP contribution in [0.15, 0.2) is 36.0 Å². The molecule has 1 aliphatic carbocycles. The van der Waals surface area contributed by atoms with Gasteiger partial charge in [-0.25, -0.2) is 0 Å². The molecule has 0 saturated heterocycles. The minimum Gasteiger partial charge on any atom is -0.389 e. The lowest BCUT2D eigenvalue weighted by Crippen LogP contribution is -1.98. The Morgan fingerprint density at radius 1 is 1.41 bits per heavy atom. The van der Waals surface area contributed by atoms with Gasteiger partial charge in [0.25, 0.3) is 0 Å². The average molecular weight is 231 g/mol. The summed E-state index contributed by atoms with van der Waals surface area (Å²) in [4.78, 5) is 11.4. The maximum Gasteiger partial charge on any atom is 0.160 e. The molecule has 0 aromatic heterocycles. The summed E-state index contributed by atoms with van der Waals surface area (Å²) in [5.74, 6) is 0.240. The smallest absolute Gasteiger partial charge is 0.160 e. The second-order valence-electron chi connectivity index (χ2n) is 4.39. The van der Waals surface area contributed by atoms with Crippen LogP contribution in [0.5, 0.6) is 0 Å². The van der Waals surface area contributed by atoms with Gasteiger partial charge in [-0.3, -0.25) is 4.79 Å². The summed E-state index contributed by atoms with van der Waals surface area (Å²) in [5.41, 5.74) is 2.63. The minimum absolute atomic E-state index is 0.240. The minimum atomic E-state index is -0.475. The van der Waals surface area contributed by atoms with Gasteiger partial charge in [-0.05, 0) is 37.5 Å². The third-order valence-corrected chi connectivity index (χ3v) is 2.99. The monoisotopic (exact) mass is 231 g/mol. The van der Waals surface area contributed by atoms with E-state index in [1.807, 2.05) is 24.3 Å². The van der Waals surface area contributed by atoms with Crippen molar-refractivity contribution in [2.45, 2.75) is 32.3 Å². The van der Waals surface area contributed by atoms with Crippen molar-refractivity contribution in [1.82, 2.24) is 0 Å². The van der Waals surface area contributed by atoms with Gasteiger partial charge in [0.15, 0.2) is 5.78 Å². The number of allylic oxidation sites excluding steroid dienone is 1. The van der Waals surface area contributed by atoms with E-state index in [4.69, 9.17) is 0 Å². The van der Waals surface area contributed by atoms with Crippen molar-refractivity contribution in [2.24, 2.45) is 0 Å². The van der Waals surface area contributed by atoms with Crippen LogP contribution in [0.4, 0.5) is 5.69 Å². The molecular weight excluding hydrogens is 214 g/mol.